The second-order valence-electron chi connectivity index (χ2n) is 3.47. The van der Waals surface area contributed by atoms with Gasteiger partial charge in [-0.2, -0.15) is 0 Å². The Morgan fingerprint density at radius 1 is 1.56 bits per heavy atom. The molecule has 0 radical (unpaired) electrons. The van der Waals surface area contributed by atoms with Gasteiger partial charge >= 0.3 is 0 Å². The van der Waals surface area contributed by atoms with E-state index in [1.165, 1.54) is 12.8 Å². The van der Waals surface area contributed by atoms with E-state index in [9.17, 15) is 0 Å². The van der Waals surface area contributed by atoms with Crippen LogP contribution in [-0.4, -0.2) is 3.42 Å². The van der Waals surface area contributed by atoms with E-state index in [4.69, 9.17) is 0 Å². The Morgan fingerprint density at radius 2 is 2.33 bits per heavy atom. The van der Waals surface area contributed by atoms with Crippen LogP contribution in [0.2, 0.25) is 0 Å². The van der Waals surface area contributed by atoms with Gasteiger partial charge in [-0.15, -0.1) is 0 Å². The van der Waals surface area contributed by atoms with Gasteiger partial charge in [0.25, 0.3) is 0 Å². The molecule has 0 spiro atoms. The Bertz CT molecular complexity index is 158. The Labute approximate surface area is 69.9 Å². The molecule has 1 saturated carbocycles. The third-order valence-electron chi connectivity index (χ3n) is 2.61. The van der Waals surface area contributed by atoms with Crippen molar-refractivity contribution in [1.29, 1.82) is 0 Å². The lowest BCUT2D eigenvalue weighted by Gasteiger charge is -2.23. The summed E-state index contributed by atoms with van der Waals surface area (Å²) >= 11 is 2.61. The Morgan fingerprint density at radius 3 is 2.56 bits per heavy atom. The third kappa shape index (κ3) is 0.846. The molecular weight excluding hydrogens is 223 g/mol. The summed E-state index contributed by atoms with van der Waals surface area (Å²) < 4.78 is 0.594. The minimum atomic E-state index is 0.594. The van der Waals surface area contributed by atoms with Crippen molar-refractivity contribution in [2.75, 3.05) is 0 Å². The highest BCUT2D eigenvalue weighted by Crippen LogP contribution is 2.50. The van der Waals surface area contributed by atoms with Crippen molar-refractivity contribution in [1.82, 2.24) is 0 Å². The molecule has 9 heavy (non-hydrogen) atoms. The van der Waals surface area contributed by atoms with Crippen molar-refractivity contribution < 1.29 is 0 Å². The van der Waals surface area contributed by atoms with Crippen LogP contribution in [0, 0.1) is 11.8 Å². The Kier molecular flexibility index (Phi) is 1.20. The summed E-state index contributed by atoms with van der Waals surface area (Å²) in [5, 5.41) is 0. The molecule has 0 N–H and O–H groups in total. The smallest absolute Gasteiger partial charge is 0.0262 e. The first-order chi connectivity index (χ1) is 4.18. The largest absolute Gasteiger partial charge is 0.0850 e. The van der Waals surface area contributed by atoms with Crippen molar-refractivity contribution in [2.45, 2.75) is 23.2 Å². The number of halogens is 1. The first-order valence-electron chi connectivity index (χ1n) is 3.56. The zero-order chi connectivity index (χ0) is 6.48. The Balaban J connectivity index is 2.29. The van der Waals surface area contributed by atoms with Crippen molar-refractivity contribution in [3.05, 3.63) is 12.2 Å². The lowest BCUT2D eigenvalue weighted by Crippen LogP contribution is -2.20. The van der Waals surface area contributed by atoms with E-state index in [-0.39, 0.29) is 0 Å². The molecule has 0 aromatic rings. The molecule has 0 aromatic carbocycles. The van der Waals surface area contributed by atoms with Crippen molar-refractivity contribution in [2.24, 2.45) is 11.8 Å². The maximum Gasteiger partial charge on any atom is 0.0262 e. The van der Waals surface area contributed by atoms with Gasteiger partial charge in [0, 0.05) is 3.42 Å². The van der Waals surface area contributed by atoms with Crippen LogP contribution in [0.15, 0.2) is 12.2 Å². The van der Waals surface area contributed by atoms with Gasteiger partial charge in [0.1, 0.15) is 0 Å². The minimum Gasteiger partial charge on any atom is -0.0850 e. The predicted molar refractivity (Wildman–Crippen MR) is 47.8 cm³/mol. The summed E-state index contributed by atoms with van der Waals surface area (Å²) in [6, 6.07) is 0. The van der Waals surface area contributed by atoms with Gasteiger partial charge in [-0.05, 0) is 31.6 Å². The molecule has 2 aliphatic rings. The zero-order valence-corrected chi connectivity index (χ0v) is 7.76. The number of allylic oxidation sites excluding steroid dienone is 2. The summed E-state index contributed by atoms with van der Waals surface area (Å²) in [7, 11) is 0. The van der Waals surface area contributed by atoms with Crippen LogP contribution in [-0.2, 0) is 0 Å². The fourth-order valence-electron chi connectivity index (χ4n) is 2.04. The number of hydrogen-bond acceptors (Lipinski definition) is 0. The molecule has 1 heteroatoms. The predicted octanol–water partition coefficient (Wildman–Crippen LogP) is 2.78. The highest BCUT2D eigenvalue weighted by molar-refractivity contribution is 14.1. The quantitative estimate of drug-likeness (QED) is 0.343. The van der Waals surface area contributed by atoms with Gasteiger partial charge in [-0.3, -0.25) is 0 Å². The second kappa shape index (κ2) is 1.74. The van der Waals surface area contributed by atoms with Gasteiger partial charge in [0.2, 0.25) is 0 Å². The van der Waals surface area contributed by atoms with Crippen LogP contribution in [0.4, 0.5) is 0 Å². The first-order valence-corrected chi connectivity index (χ1v) is 4.63. The molecule has 3 atom stereocenters. The molecule has 0 heterocycles. The molecule has 3 unspecified atom stereocenters. The lowest BCUT2D eigenvalue weighted by molar-refractivity contribution is 0.576. The molecule has 0 saturated heterocycles. The van der Waals surface area contributed by atoms with E-state index in [1.54, 1.807) is 0 Å². The van der Waals surface area contributed by atoms with E-state index < -0.39 is 0 Å². The van der Waals surface area contributed by atoms with Gasteiger partial charge in [-0.25, -0.2) is 0 Å². The summed E-state index contributed by atoms with van der Waals surface area (Å²) in [5.74, 6) is 1.82. The monoisotopic (exact) mass is 234 g/mol. The van der Waals surface area contributed by atoms with Crippen LogP contribution in [0.1, 0.15) is 19.8 Å². The van der Waals surface area contributed by atoms with Gasteiger partial charge < -0.3 is 0 Å². The molecule has 0 aromatic heterocycles. The standard InChI is InChI=1S/C8H11I/c1-8(9)5-6-2-3-7(8)4-6/h2-3,6-7H,4-5H2,1H3. The number of rotatable bonds is 0. The maximum atomic E-state index is 2.61. The number of alkyl halides is 1. The molecule has 0 aliphatic heterocycles. The summed E-state index contributed by atoms with van der Waals surface area (Å²) in [6.45, 7) is 2.38. The van der Waals surface area contributed by atoms with E-state index in [0.717, 1.165) is 11.8 Å². The van der Waals surface area contributed by atoms with Gasteiger partial charge in [0.15, 0.2) is 0 Å². The van der Waals surface area contributed by atoms with Crippen LogP contribution in [0.25, 0.3) is 0 Å². The Hall–Kier alpha value is 0.470. The average Bonchev–Trinajstić information content (AvgIpc) is 2.19. The van der Waals surface area contributed by atoms with E-state index in [2.05, 4.69) is 41.7 Å². The zero-order valence-electron chi connectivity index (χ0n) is 5.60. The lowest BCUT2D eigenvalue weighted by atomic mass is 9.96. The molecular formula is C8H11I. The molecule has 2 aliphatic carbocycles. The van der Waals surface area contributed by atoms with Crippen LogP contribution >= 0.6 is 22.6 Å². The topological polar surface area (TPSA) is 0 Å². The first kappa shape index (κ1) is 6.20. The summed E-state index contributed by atoms with van der Waals surface area (Å²) in [5.41, 5.74) is 0. The molecule has 2 bridgehead atoms. The normalized spacial score (nSPS) is 54.9. The fourth-order valence-corrected chi connectivity index (χ4v) is 3.06. The molecule has 0 amide bonds. The number of hydrogen-bond donors (Lipinski definition) is 0. The second-order valence-corrected chi connectivity index (χ2v) is 5.93. The van der Waals surface area contributed by atoms with Crippen LogP contribution in [0.3, 0.4) is 0 Å². The van der Waals surface area contributed by atoms with E-state index in [1.807, 2.05) is 0 Å². The van der Waals surface area contributed by atoms with Crippen LogP contribution in [0.5, 0.6) is 0 Å². The molecule has 0 nitrogen and oxygen atoms in total. The van der Waals surface area contributed by atoms with Crippen molar-refractivity contribution in [3.63, 3.8) is 0 Å². The molecule has 1 fully saturated rings. The van der Waals surface area contributed by atoms with Crippen LogP contribution < -0.4 is 0 Å². The highest BCUT2D eigenvalue weighted by Gasteiger charge is 2.42. The SMILES string of the molecule is CC1(I)CC2C=CC1C2. The highest BCUT2D eigenvalue weighted by atomic mass is 127. The maximum absolute atomic E-state index is 2.61. The average molecular weight is 234 g/mol. The fraction of sp³-hybridized carbons (Fsp3) is 0.750. The van der Waals surface area contributed by atoms with Gasteiger partial charge in [0.05, 0.1) is 0 Å². The summed E-state index contributed by atoms with van der Waals surface area (Å²) in [4.78, 5) is 0. The van der Waals surface area contributed by atoms with E-state index >= 15 is 0 Å². The third-order valence-corrected chi connectivity index (χ3v) is 3.85. The minimum absolute atomic E-state index is 0.594. The van der Waals surface area contributed by atoms with Crippen molar-refractivity contribution in [3.8, 4) is 0 Å². The molecule has 50 valence electrons. The van der Waals surface area contributed by atoms with E-state index in [0.29, 0.717) is 3.42 Å². The summed E-state index contributed by atoms with van der Waals surface area (Å²) in [6.07, 6.45) is 7.64. The number of fused-ring (bicyclic) bond motifs is 2. The van der Waals surface area contributed by atoms with Crippen molar-refractivity contribution >= 4 is 22.6 Å². The van der Waals surface area contributed by atoms with Gasteiger partial charge in [-0.1, -0.05) is 34.7 Å². The molecule has 2 rings (SSSR count).